The minimum atomic E-state index is -0.773. The van der Waals surface area contributed by atoms with E-state index in [1.54, 1.807) is 13.8 Å². The molecule has 0 atom stereocenters. The van der Waals surface area contributed by atoms with Crippen molar-refractivity contribution in [1.82, 2.24) is 0 Å². The summed E-state index contributed by atoms with van der Waals surface area (Å²) >= 11 is 0. The van der Waals surface area contributed by atoms with E-state index >= 15 is 0 Å². The van der Waals surface area contributed by atoms with Gasteiger partial charge in [0.2, 0.25) is 0 Å². The number of carbonyl (C=O) groups excluding carboxylic acids is 3. The van der Waals surface area contributed by atoms with Gasteiger partial charge in [0, 0.05) is 17.3 Å². The van der Waals surface area contributed by atoms with Crippen LogP contribution in [0.4, 0.5) is 11.4 Å². The van der Waals surface area contributed by atoms with E-state index in [0.717, 1.165) is 0 Å². The van der Waals surface area contributed by atoms with Crippen LogP contribution in [0.2, 0.25) is 0 Å². The summed E-state index contributed by atoms with van der Waals surface area (Å²) in [5, 5.41) is 13.3. The van der Waals surface area contributed by atoms with E-state index < -0.39 is 29.4 Å². The van der Waals surface area contributed by atoms with Gasteiger partial charge < -0.3 is 14.8 Å². The number of benzene rings is 2. The number of hydrogen-bond donors (Lipinski definition) is 1. The molecule has 0 unspecified atom stereocenters. The van der Waals surface area contributed by atoms with Gasteiger partial charge in [-0.25, -0.2) is 9.59 Å². The quantitative estimate of drug-likeness (QED) is 0.429. The van der Waals surface area contributed by atoms with Crippen LogP contribution < -0.4 is 5.32 Å². The molecule has 0 aliphatic rings. The number of carbonyl (C=O) groups is 3. The highest BCUT2D eigenvalue weighted by molar-refractivity contribution is 5.96. The highest BCUT2D eigenvalue weighted by Gasteiger charge is 2.16. The molecule has 0 fully saturated rings. The number of ether oxygens (including phenoxy) is 2. The molecule has 0 radical (unpaired) electrons. The highest BCUT2D eigenvalue weighted by atomic mass is 16.6. The molecule has 0 heterocycles. The fraction of sp³-hybridized carbons (Fsp3) is 0.250. The molecule has 0 aliphatic heterocycles. The monoisotopic (exact) mass is 400 g/mol. The van der Waals surface area contributed by atoms with E-state index in [1.807, 2.05) is 0 Å². The number of amides is 1. The fourth-order valence-corrected chi connectivity index (χ4v) is 2.37. The lowest BCUT2D eigenvalue weighted by Gasteiger charge is -2.09. The lowest BCUT2D eigenvalue weighted by Crippen LogP contribution is -2.21. The summed E-state index contributed by atoms with van der Waals surface area (Å²) < 4.78 is 10.0. The predicted octanol–water partition coefficient (Wildman–Crippen LogP) is 3.26. The molecular formula is C20H20N2O7. The third kappa shape index (κ3) is 6.13. The summed E-state index contributed by atoms with van der Waals surface area (Å²) in [6.45, 7) is 4.45. The van der Waals surface area contributed by atoms with Crippen LogP contribution >= 0.6 is 0 Å². The van der Waals surface area contributed by atoms with Gasteiger partial charge in [-0.05, 0) is 57.2 Å². The summed E-state index contributed by atoms with van der Waals surface area (Å²) in [5.41, 5.74) is 1.06. The lowest BCUT2D eigenvalue weighted by molar-refractivity contribution is -0.385. The Bertz CT molecular complexity index is 936. The second kappa shape index (κ2) is 9.45. The van der Waals surface area contributed by atoms with Crippen molar-refractivity contribution in [2.75, 3.05) is 11.9 Å². The number of nitrogens with one attached hydrogen (secondary N) is 1. The number of anilines is 1. The topological polar surface area (TPSA) is 125 Å². The molecule has 1 N–H and O–H groups in total. The number of aryl methyl sites for hydroxylation is 1. The molecule has 0 bridgehead atoms. The van der Waals surface area contributed by atoms with Crippen molar-refractivity contribution in [3.63, 3.8) is 0 Å². The highest BCUT2D eigenvalue weighted by Crippen LogP contribution is 2.19. The fourth-order valence-electron chi connectivity index (χ4n) is 2.37. The van der Waals surface area contributed by atoms with Gasteiger partial charge >= 0.3 is 11.9 Å². The van der Waals surface area contributed by atoms with Crippen LogP contribution in [0, 0.1) is 17.0 Å². The van der Waals surface area contributed by atoms with Crippen LogP contribution in [-0.4, -0.2) is 35.5 Å². The molecule has 0 saturated heterocycles. The van der Waals surface area contributed by atoms with Crippen molar-refractivity contribution in [3.8, 4) is 0 Å². The average molecular weight is 400 g/mol. The van der Waals surface area contributed by atoms with Crippen molar-refractivity contribution >= 4 is 29.2 Å². The average Bonchev–Trinajstić information content (AvgIpc) is 2.65. The van der Waals surface area contributed by atoms with Crippen LogP contribution in [0.15, 0.2) is 42.5 Å². The largest absolute Gasteiger partial charge is 0.459 e. The Kier molecular flexibility index (Phi) is 7.02. The molecule has 0 saturated carbocycles. The Balaban J connectivity index is 1.89. The first-order valence-corrected chi connectivity index (χ1v) is 8.70. The van der Waals surface area contributed by atoms with Crippen molar-refractivity contribution in [2.24, 2.45) is 0 Å². The summed E-state index contributed by atoms with van der Waals surface area (Å²) in [6.07, 6.45) is -0.240. The number of esters is 2. The second-order valence-electron chi connectivity index (χ2n) is 6.41. The Morgan fingerprint density at radius 2 is 1.66 bits per heavy atom. The number of nitrogens with zero attached hydrogens (tertiary/aromatic N) is 1. The zero-order valence-corrected chi connectivity index (χ0v) is 16.1. The Labute approximate surface area is 166 Å². The molecule has 29 heavy (non-hydrogen) atoms. The molecule has 2 rings (SSSR count). The maximum Gasteiger partial charge on any atom is 0.338 e. The molecule has 2 aromatic carbocycles. The maximum absolute atomic E-state index is 12.0. The molecular weight excluding hydrogens is 380 g/mol. The van der Waals surface area contributed by atoms with E-state index in [9.17, 15) is 24.5 Å². The first-order chi connectivity index (χ1) is 13.7. The summed E-state index contributed by atoms with van der Waals surface area (Å²) in [7, 11) is 0. The van der Waals surface area contributed by atoms with Crippen LogP contribution in [0.1, 0.15) is 40.1 Å². The lowest BCUT2D eigenvalue weighted by atomic mass is 10.1. The van der Waals surface area contributed by atoms with Gasteiger partial charge in [-0.15, -0.1) is 0 Å². The van der Waals surface area contributed by atoms with Gasteiger partial charge in [-0.1, -0.05) is 0 Å². The molecule has 0 spiro atoms. The Hall–Kier alpha value is -3.75. The van der Waals surface area contributed by atoms with Crippen LogP contribution in [0.3, 0.4) is 0 Å². The minimum absolute atomic E-state index is 0.105. The number of hydrogen-bond acceptors (Lipinski definition) is 7. The van der Waals surface area contributed by atoms with Gasteiger partial charge in [0.05, 0.1) is 22.2 Å². The number of nitro benzene ring substituents is 1. The molecule has 9 heteroatoms. The minimum Gasteiger partial charge on any atom is -0.459 e. The molecule has 0 aliphatic carbocycles. The van der Waals surface area contributed by atoms with Crippen molar-refractivity contribution in [1.29, 1.82) is 0 Å². The number of nitro groups is 1. The second-order valence-corrected chi connectivity index (χ2v) is 6.41. The predicted molar refractivity (Wildman–Crippen MR) is 104 cm³/mol. The van der Waals surface area contributed by atoms with Crippen molar-refractivity contribution < 1.29 is 28.8 Å². The van der Waals surface area contributed by atoms with Gasteiger partial charge in [0.25, 0.3) is 11.6 Å². The van der Waals surface area contributed by atoms with Gasteiger partial charge in [-0.3, -0.25) is 14.9 Å². The summed E-state index contributed by atoms with van der Waals surface area (Å²) in [4.78, 5) is 46.0. The van der Waals surface area contributed by atoms with Crippen molar-refractivity contribution in [3.05, 3.63) is 69.3 Å². The first kappa shape index (κ1) is 21.5. The Morgan fingerprint density at radius 1 is 1.03 bits per heavy atom. The summed E-state index contributed by atoms with van der Waals surface area (Å²) in [6, 6.07) is 9.86. The molecule has 1 amide bonds. The standard InChI is InChI=1S/C20H20N2O7/c1-12(2)29-20(25)14-4-7-16(8-5-14)21-18(23)11-28-19(24)15-6-9-17(22(26)27)13(3)10-15/h4-10,12H,11H2,1-3H3,(H,21,23). The van der Waals surface area contributed by atoms with Gasteiger partial charge in [0.1, 0.15) is 0 Å². The maximum atomic E-state index is 12.0. The zero-order valence-electron chi connectivity index (χ0n) is 16.1. The first-order valence-electron chi connectivity index (χ1n) is 8.70. The van der Waals surface area contributed by atoms with E-state index in [-0.39, 0.29) is 17.4 Å². The van der Waals surface area contributed by atoms with Crippen LogP contribution in [-0.2, 0) is 14.3 Å². The van der Waals surface area contributed by atoms with Crippen LogP contribution in [0.25, 0.3) is 0 Å². The molecule has 2 aromatic rings. The molecule has 0 aromatic heterocycles. The number of rotatable bonds is 7. The zero-order chi connectivity index (χ0) is 21.6. The van der Waals surface area contributed by atoms with E-state index in [2.05, 4.69) is 5.32 Å². The smallest absolute Gasteiger partial charge is 0.338 e. The normalized spacial score (nSPS) is 10.3. The Morgan fingerprint density at radius 3 is 2.21 bits per heavy atom. The third-order valence-electron chi connectivity index (χ3n) is 3.71. The van der Waals surface area contributed by atoms with E-state index in [4.69, 9.17) is 9.47 Å². The van der Waals surface area contributed by atoms with E-state index in [1.165, 1.54) is 49.4 Å². The van der Waals surface area contributed by atoms with Gasteiger partial charge in [-0.2, -0.15) is 0 Å². The molecule has 152 valence electrons. The van der Waals surface area contributed by atoms with E-state index in [0.29, 0.717) is 16.8 Å². The van der Waals surface area contributed by atoms with Crippen LogP contribution in [0.5, 0.6) is 0 Å². The van der Waals surface area contributed by atoms with Gasteiger partial charge in [0.15, 0.2) is 6.61 Å². The SMILES string of the molecule is Cc1cc(C(=O)OCC(=O)Nc2ccc(C(=O)OC(C)C)cc2)ccc1[N+](=O)[O-]. The van der Waals surface area contributed by atoms with Crippen molar-refractivity contribution in [2.45, 2.75) is 26.9 Å². The summed E-state index contributed by atoms with van der Waals surface area (Å²) in [5.74, 6) is -1.82. The molecule has 9 nitrogen and oxygen atoms in total. The third-order valence-corrected chi connectivity index (χ3v) is 3.71.